The molecule has 0 amide bonds. The van der Waals surface area contributed by atoms with Gasteiger partial charge in [-0.15, -0.1) is 0 Å². The van der Waals surface area contributed by atoms with E-state index in [2.05, 4.69) is 4.98 Å². The predicted molar refractivity (Wildman–Crippen MR) is 83.1 cm³/mol. The number of Topliss-reactive ketones (excluding diaryl/α,β-unsaturated/α-hetero) is 2. The summed E-state index contributed by atoms with van der Waals surface area (Å²) in [5.41, 5.74) is 1.15. The van der Waals surface area contributed by atoms with E-state index in [1.807, 2.05) is 24.4 Å². The number of carbonyl (C=O) groups is 3. The van der Waals surface area contributed by atoms with E-state index < -0.39 is 17.3 Å². The van der Waals surface area contributed by atoms with Crippen LogP contribution in [0.25, 0.3) is 10.9 Å². The van der Waals surface area contributed by atoms with Gasteiger partial charge in [-0.2, -0.15) is 0 Å². The molecule has 1 aromatic heterocycles. The molecular weight excluding hydrogens is 294 g/mol. The van der Waals surface area contributed by atoms with E-state index in [0.717, 1.165) is 16.5 Å². The summed E-state index contributed by atoms with van der Waals surface area (Å²) in [5, 5.41) is 0.895. The standard InChI is InChI=1S/C18H17NO4/c1-2-23-17(22)18-7-6-14(20)11(16(18)21)8-10-9-19-13-5-3-4-12(18)15(10)13/h3-5,9,11,19H,2,6-8H2,1H3/t11-,18+/m0/s1. The Hall–Kier alpha value is -2.43. The van der Waals surface area contributed by atoms with Crippen molar-refractivity contribution in [1.82, 2.24) is 4.98 Å². The summed E-state index contributed by atoms with van der Waals surface area (Å²) in [7, 11) is 0. The molecule has 1 N–H and O–H groups in total. The second kappa shape index (κ2) is 4.78. The van der Waals surface area contributed by atoms with Gasteiger partial charge in [-0.25, -0.2) is 0 Å². The number of benzene rings is 1. The Morgan fingerprint density at radius 3 is 3.00 bits per heavy atom. The Labute approximate surface area is 133 Å². The molecule has 2 bridgehead atoms. The number of hydrogen-bond acceptors (Lipinski definition) is 4. The Kier molecular flexibility index (Phi) is 2.95. The summed E-state index contributed by atoms with van der Waals surface area (Å²) >= 11 is 0. The zero-order chi connectivity index (χ0) is 16.2. The SMILES string of the molecule is CCOC(=O)[C@]12CCC(=O)[C@H](Cc3c[nH]c4cccc1c34)C2=O. The van der Waals surface area contributed by atoms with Crippen LogP contribution in [0.15, 0.2) is 24.4 Å². The van der Waals surface area contributed by atoms with Crippen LogP contribution in [0.2, 0.25) is 0 Å². The molecule has 4 rings (SSSR count). The van der Waals surface area contributed by atoms with Gasteiger partial charge in [0, 0.05) is 23.5 Å². The molecule has 2 aromatic rings. The minimum atomic E-state index is -1.35. The lowest BCUT2D eigenvalue weighted by molar-refractivity contribution is -0.158. The molecule has 2 atom stereocenters. The van der Waals surface area contributed by atoms with Crippen molar-refractivity contribution >= 4 is 28.4 Å². The average Bonchev–Trinajstić information content (AvgIpc) is 2.92. The van der Waals surface area contributed by atoms with Gasteiger partial charge >= 0.3 is 5.97 Å². The summed E-state index contributed by atoms with van der Waals surface area (Å²) in [4.78, 5) is 41.4. The molecule has 2 aliphatic rings. The highest BCUT2D eigenvalue weighted by Crippen LogP contribution is 2.46. The first-order valence-electron chi connectivity index (χ1n) is 7.93. The van der Waals surface area contributed by atoms with E-state index >= 15 is 0 Å². The van der Waals surface area contributed by atoms with Gasteiger partial charge in [0.2, 0.25) is 0 Å². The fourth-order valence-electron chi connectivity index (χ4n) is 4.08. The summed E-state index contributed by atoms with van der Waals surface area (Å²) in [6, 6.07) is 5.58. The van der Waals surface area contributed by atoms with Crippen LogP contribution in [0.3, 0.4) is 0 Å². The van der Waals surface area contributed by atoms with Crippen LogP contribution < -0.4 is 0 Å². The monoisotopic (exact) mass is 311 g/mol. The fourth-order valence-corrected chi connectivity index (χ4v) is 4.08. The van der Waals surface area contributed by atoms with Crippen molar-refractivity contribution in [3.05, 3.63) is 35.5 Å². The van der Waals surface area contributed by atoms with Crippen LogP contribution in [-0.2, 0) is 31.0 Å². The normalized spacial score (nSPS) is 26.2. The number of aromatic nitrogens is 1. The first-order chi connectivity index (χ1) is 11.1. The van der Waals surface area contributed by atoms with Crippen molar-refractivity contribution in [2.24, 2.45) is 5.92 Å². The molecule has 23 heavy (non-hydrogen) atoms. The number of fused-ring (bicyclic) bond motifs is 3. The highest BCUT2D eigenvalue weighted by Gasteiger charge is 2.57. The van der Waals surface area contributed by atoms with Crippen LogP contribution in [0.4, 0.5) is 0 Å². The van der Waals surface area contributed by atoms with Crippen LogP contribution in [0.1, 0.15) is 30.9 Å². The molecule has 5 nitrogen and oxygen atoms in total. The maximum absolute atomic E-state index is 13.2. The number of H-pyrrole nitrogens is 1. The average molecular weight is 311 g/mol. The summed E-state index contributed by atoms with van der Waals surface area (Å²) < 4.78 is 5.26. The molecule has 1 aromatic carbocycles. The van der Waals surface area contributed by atoms with Crippen LogP contribution in [-0.4, -0.2) is 29.1 Å². The molecule has 0 radical (unpaired) electrons. The smallest absolute Gasteiger partial charge is 0.324 e. The van der Waals surface area contributed by atoms with E-state index in [9.17, 15) is 14.4 Å². The van der Waals surface area contributed by atoms with Crippen molar-refractivity contribution in [3.8, 4) is 0 Å². The quantitative estimate of drug-likeness (QED) is 0.680. The van der Waals surface area contributed by atoms with Crippen molar-refractivity contribution < 1.29 is 19.1 Å². The van der Waals surface area contributed by atoms with Crippen molar-refractivity contribution in [2.45, 2.75) is 31.6 Å². The number of aromatic amines is 1. The maximum atomic E-state index is 13.2. The number of carbonyl (C=O) groups excluding carboxylic acids is 3. The first-order valence-corrected chi connectivity index (χ1v) is 7.93. The van der Waals surface area contributed by atoms with E-state index in [-0.39, 0.29) is 31.0 Å². The second-order valence-electron chi connectivity index (χ2n) is 6.26. The molecule has 1 fully saturated rings. The van der Waals surface area contributed by atoms with Gasteiger partial charge in [0.15, 0.2) is 11.2 Å². The summed E-state index contributed by atoms with van der Waals surface area (Å²) in [6.07, 6.45) is 2.63. The molecule has 2 aliphatic carbocycles. The van der Waals surface area contributed by atoms with Crippen molar-refractivity contribution in [1.29, 1.82) is 0 Å². The number of ether oxygens (including phenoxy) is 1. The molecule has 5 heteroatoms. The Bertz CT molecular complexity index is 850. The van der Waals surface area contributed by atoms with E-state index in [0.29, 0.717) is 12.0 Å². The number of ketones is 2. The topological polar surface area (TPSA) is 76.2 Å². The Balaban J connectivity index is 2.06. The van der Waals surface area contributed by atoms with Gasteiger partial charge in [-0.05, 0) is 37.0 Å². The van der Waals surface area contributed by atoms with Crippen LogP contribution in [0.5, 0.6) is 0 Å². The maximum Gasteiger partial charge on any atom is 0.324 e. The largest absolute Gasteiger partial charge is 0.465 e. The van der Waals surface area contributed by atoms with Crippen molar-refractivity contribution in [2.75, 3.05) is 6.61 Å². The first kappa shape index (κ1) is 14.2. The molecule has 1 saturated carbocycles. The van der Waals surface area contributed by atoms with Crippen LogP contribution >= 0.6 is 0 Å². The second-order valence-corrected chi connectivity index (χ2v) is 6.26. The molecule has 118 valence electrons. The van der Waals surface area contributed by atoms with Gasteiger partial charge < -0.3 is 9.72 Å². The molecule has 0 aliphatic heterocycles. The molecule has 0 spiro atoms. The minimum absolute atomic E-state index is 0.0721. The third kappa shape index (κ3) is 1.70. The fraction of sp³-hybridized carbons (Fsp3) is 0.389. The summed E-state index contributed by atoms with van der Waals surface area (Å²) in [5.74, 6) is -1.64. The van der Waals surface area contributed by atoms with Gasteiger partial charge in [-0.1, -0.05) is 12.1 Å². The predicted octanol–water partition coefficient (Wildman–Crippen LogP) is 2.07. The highest BCUT2D eigenvalue weighted by atomic mass is 16.5. The Morgan fingerprint density at radius 2 is 2.22 bits per heavy atom. The van der Waals surface area contributed by atoms with Crippen LogP contribution in [0, 0.1) is 5.92 Å². The van der Waals surface area contributed by atoms with Gasteiger partial charge in [0.25, 0.3) is 0 Å². The van der Waals surface area contributed by atoms with Gasteiger partial charge in [0.05, 0.1) is 12.5 Å². The highest BCUT2D eigenvalue weighted by molar-refractivity contribution is 6.22. The number of esters is 1. The van der Waals surface area contributed by atoms with Gasteiger partial charge in [-0.3, -0.25) is 14.4 Å². The number of rotatable bonds is 2. The molecule has 1 heterocycles. The molecule has 0 saturated heterocycles. The third-order valence-corrected chi connectivity index (χ3v) is 5.17. The van der Waals surface area contributed by atoms with E-state index in [4.69, 9.17) is 4.74 Å². The Morgan fingerprint density at radius 1 is 1.39 bits per heavy atom. The van der Waals surface area contributed by atoms with Gasteiger partial charge in [0.1, 0.15) is 5.78 Å². The third-order valence-electron chi connectivity index (χ3n) is 5.17. The van der Waals surface area contributed by atoms with E-state index in [1.165, 1.54) is 0 Å². The molecular formula is C18H17NO4. The number of hydrogen-bond donors (Lipinski definition) is 1. The zero-order valence-corrected chi connectivity index (χ0v) is 12.8. The number of nitrogens with one attached hydrogen (secondary N) is 1. The lowest BCUT2D eigenvalue weighted by Crippen LogP contribution is -2.52. The lowest BCUT2D eigenvalue weighted by atomic mass is 9.64. The van der Waals surface area contributed by atoms with E-state index in [1.54, 1.807) is 6.92 Å². The zero-order valence-electron chi connectivity index (χ0n) is 12.8. The summed E-state index contributed by atoms with van der Waals surface area (Å²) in [6.45, 7) is 1.94. The molecule has 0 unspecified atom stereocenters. The lowest BCUT2D eigenvalue weighted by Gasteiger charge is -2.35. The van der Waals surface area contributed by atoms with Crippen molar-refractivity contribution in [3.63, 3.8) is 0 Å². The minimum Gasteiger partial charge on any atom is -0.465 e.